The highest BCUT2D eigenvalue weighted by atomic mass is 19.1. The van der Waals surface area contributed by atoms with E-state index in [0.717, 1.165) is 6.07 Å². The van der Waals surface area contributed by atoms with Crippen LogP contribution in [-0.2, 0) is 4.79 Å². The van der Waals surface area contributed by atoms with Crippen molar-refractivity contribution in [1.29, 1.82) is 0 Å². The monoisotopic (exact) mass is 566 g/mol. The molecule has 0 aliphatic carbocycles. The lowest BCUT2D eigenvalue weighted by Gasteiger charge is -2.34. The Hall–Kier alpha value is -4.60. The van der Waals surface area contributed by atoms with Gasteiger partial charge in [0.25, 0.3) is 5.91 Å². The third kappa shape index (κ3) is 6.77. The molecule has 1 heterocycles. The second kappa shape index (κ2) is 13.2. The maximum atomic E-state index is 14.1. The minimum absolute atomic E-state index is 0.233. The summed E-state index contributed by atoms with van der Waals surface area (Å²) in [5.74, 6) is -0.313. The van der Waals surface area contributed by atoms with Crippen molar-refractivity contribution in [3.05, 3.63) is 89.0 Å². The average Bonchev–Trinajstić information content (AvgIpc) is 2.98. The molecule has 0 atom stereocenters. The molecule has 0 unspecified atom stereocenters. The number of carbonyl (C=O) groups is 2. The van der Waals surface area contributed by atoms with Crippen LogP contribution in [0.1, 0.15) is 28.4 Å². The maximum absolute atomic E-state index is 14.1. The van der Waals surface area contributed by atoms with Gasteiger partial charge >= 0.3 is 0 Å². The molecule has 3 aromatic rings. The number of amides is 2. The van der Waals surface area contributed by atoms with Gasteiger partial charge in [0.2, 0.25) is 11.7 Å². The van der Waals surface area contributed by atoms with Crippen molar-refractivity contribution in [3.63, 3.8) is 0 Å². The average molecular weight is 567 g/mol. The molecule has 3 aromatic carbocycles. The Morgan fingerprint density at radius 1 is 0.756 bits per heavy atom. The van der Waals surface area contributed by atoms with Crippen molar-refractivity contribution < 1.29 is 37.3 Å². The van der Waals surface area contributed by atoms with Gasteiger partial charge in [-0.15, -0.1) is 0 Å². The Morgan fingerprint density at radius 2 is 1.32 bits per heavy atom. The molecule has 10 heteroatoms. The highest BCUT2D eigenvalue weighted by Crippen LogP contribution is 2.38. The number of hydrogen-bond donors (Lipinski definition) is 0. The van der Waals surface area contributed by atoms with Gasteiger partial charge in [-0.1, -0.05) is 12.1 Å². The quantitative estimate of drug-likeness (QED) is 0.346. The van der Waals surface area contributed by atoms with Crippen LogP contribution in [0.15, 0.2) is 60.7 Å². The smallest absolute Gasteiger partial charge is 0.254 e. The molecule has 0 radical (unpaired) electrons. The van der Waals surface area contributed by atoms with E-state index in [1.165, 1.54) is 39.5 Å². The van der Waals surface area contributed by atoms with Gasteiger partial charge in [-0.2, -0.15) is 0 Å². The molecule has 1 aliphatic rings. The van der Waals surface area contributed by atoms with Gasteiger partial charge in [0.1, 0.15) is 17.4 Å². The lowest BCUT2D eigenvalue weighted by atomic mass is 9.96. The summed E-state index contributed by atoms with van der Waals surface area (Å²) in [5.41, 5.74) is 1.57. The number of rotatable bonds is 9. The lowest BCUT2D eigenvalue weighted by Crippen LogP contribution is -2.50. The normalized spacial score (nSPS) is 13.6. The molecule has 0 N–H and O–H groups in total. The van der Waals surface area contributed by atoms with Crippen LogP contribution in [0, 0.1) is 11.6 Å². The second-order valence-corrected chi connectivity index (χ2v) is 9.21. The van der Waals surface area contributed by atoms with Crippen molar-refractivity contribution in [2.45, 2.75) is 6.92 Å². The molecule has 0 aromatic heterocycles. The van der Waals surface area contributed by atoms with E-state index in [9.17, 15) is 18.4 Å². The van der Waals surface area contributed by atoms with Crippen LogP contribution in [0.4, 0.5) is 8.78 Å². The zero-order valence-electron chi connectivity index (χ0n) is 23.4. The van der Waals surface area contributed by atoms with Crippen LogP contribution >= 0.6 is 0 Å². The molecule has 1 saturated heterocycles. The van der Waals surface area contributed by atoms with Crippen LogP contribution in [0.25, 0.3) is 5.57 Å². The predicted octanol–water partition coefficient (Wildman–Crippen LogP) is 4.81. The van der Waals surface area contributed by atoms with Crippen molar-refractivity contribution in [1.82, 2.24) is 9.80 Å². The first-order valence-corrected chi connectivity index (χ1v) is 13.1. The molecule has 0 spiro atoms. The zero-order chi connectivity index (χ0) is 29.5. The number of hydrogen-bond acceptors (Lipinski definition) is 6. The van der Waals surface area contributed by atoms with Crippen molar-refractivity contribution >= 4 is 17.4 Å². The fraction of sp³-hybridized carbons (Fsp3) is 0.290. The minimum atomic E-state index is -0.747. The summed E-state index contributed by atoms with van der Waals surface area (Å²) < 4.78 is 49.8. The molecule has 4 rings (SSSR count). The number of piperazine rings is 1. The lowest BCUT2D eigenvalue weighted by molar-refractivity contribution is -0.127. The zero-order valence-corrected chi connectivity index (χ0v) is 23.4. The molecule has 0 saturated carbocycles. The van der Waals surface area contributed by atoms with Gasteiger partial charge < -0.3 is 28.7 Å². The van der Waals surface area contributed by atoms with Gasteiger partial charge in [-0.3, -0.25) is 9.59 Å². The number of methoxy groups -OCH3 is 3. The summed E-state index contributed by atoms with van der Waals surface area (Å²) in [5, 5.41) is 0. The minimum Gasteiger partial charge on any atom is -0.494 e. The molecular weight excluding hydrogens is 534 g/mol. The number of halogens is 2. The predicted molar refractivity (Wildman–Crippen MR) is 150 cm³/mol. The van der Waals surface area contributed by atoms with Crippen LogP contribution < -0.4 is 18.9 Å². The summed E-state index contributed by atoms with van der Waals surface area (Å²) >= 11 is 0. The van der Waals surface area contributed by atoms with E-state index in [1.54, 1.807) is 46.2 Å². The van der Waals surface area contributed by atoms with Crippen LogP contribution in [-0.4, -0.2) is 75.7 Å². The van der Waals surface area contributed by atoms with Crippen LogP contribution in [0.5, 0.6) is 23.0 Å². The summed E-state index contributed by atoms with van der Waals surface area (Å²) in [6.07, 6.45) is 1.38. The first kappa shape index (κ1) is 29.4. The van der Waals surface area contributed by atoms with Crippen molar-refractivity contribution in [3.8, 4) is 23.0 Å². The molecular formula is C31H32F2N2O6. The number of carbonyl (C=O) groups excluding carboxylic acids is 2. The van der Waals surface area contributed by atoms with Gasteiger partial charge in [0, 0.05) is 43.9 Å². The summed E-state index contributed by atoms with van der Waals surface area (Å²) in [7, 11) is 4.44. The standard InChI is InChI=1S/C31H32F2N2O6/c1-5-41-25-8-6-20(7-9-25)26(21-14-23(32)18-24(33)15-21)19-29(36)34-10-12-35(13-11-34)31(37)22-16-27(38-2)30(40-4)28(17-22)39-3/h6-9,14-19H,5,10-13H2,1-4H3/b26-19+. The summed E-state index contributed by atoms with van der Waals surface area (Å²) in [6, 6.07) is 13.3. The van der Waals surface area contributed by atoms with Crippen molar-refractivity contribution in [2.24, 2.45) is 0 Å². The number of ether oxygens (including phenoxy) is 4. The third-order valence-electron chi connectivity index (χ3n) is 6.71. The van der Waals surface area contributed by atoms with E-state index >= 15 is 0 Å². The first-order chi connectivity index (χ1) is 19.8. The topological polar surface area (TPSA) is 77.5 Å². The van der Waals surface area contributed by atoms with E-state index < -0.39 is 11.6 Å². The first-order valence-electron chi connectivity index (χ1n) is 13.1. The van der Waals surface area contributed by atoms with E-state index in [1.807, 2.05) is 6.92 Å². The van der Waals surface area contributed by atoms with Crippen LogP contribution in [0.3, 0.4) is 0 Å². The Kier molecular flexibility index (Phi) is 9.44. The molecule has 2 amide bonds. The Balaban J connectivity index is 1.54. The molecule has 41 heavy (non-hydrogen) atoms. The Bertz CT molecular complexity index is 1390. The Morgan fingerprint density at radius 3 is 1.83 bits per heavy atom. The van der Waals surface area contributed by atoms with Gasteiger partial charge in [0.05, 0.1) is 27.9 Å². The van der Waals surface area contributed by atoms with E-state index in [2.05, 4.69) is 0 Å². The van der Waals surface area contributed by atoms with E-state index in [4.69, 9.17) is 18.9 Å². The Labute approximate surface area is 237 Å². The largest absolute Gasteiger partial charge is 0.494 e. The molecule has 8 nitrogen and oxygen atoms in total. The van der Waals surface area contributed by atoms with E-state index in [-0.39, 0.29) is 30.5 Å². The fourth-order valence-corrected chi connectivity index (χ4v) is 4.67. The third-order valence-corrected chi connectivity index (χ3v) is 6.71. The molecule has 0 bridgehead atoms. The molecule has 1 fully saturated rings. The van der Waals surface area contributed by atoms with Crippen molar-refractivity contribution in [2.75, 3.05) is 54.1 Å². The highest BCUT2D eigenvalue weighted by Gasteiger charge is 2.26. The van der Waals surface area contributed by atoms with Crippen LogP contribution in [0.2, 0.25) is 0 Å². The van der Waals surface area contributed by atoms with Gasteiger partial charge in [0.15, 0.2) is 11.5 Å². The maximum Gasteiger partial charge on any atom is 0.254 e. The molecule has 1 aliphatic heterocycles. The molecule has 216 valence electrons. The van der Waals surface area contributed by atoms with E-state index in [0.29, 0.717) is 59.4 Å². The second-order valence-electron chi connectivity index (χ2n) is 9.21. The SMILES string of the molecule is CCOc1ccc(/C(=C\C(=O)N2CCN(C(=O)c3cc(OC)c(OC)c(OC)c3)CC2)c2cc(F)cc(F)c2)cc1. The van der Waals surface area contributed by atoms with Gasteiger partial charge in [-0.05, 0) is 60.0 Å². The number of nitrogens with zero attached hydrogens (tertiary/aromatic N) is 2. The van der Waals surface area contributed by atoms with Gasteiger partial charge in [-0.25, -0.2) is 8.78 Å². The number of benzene rings is 3. The summed E-state index contributed by atoms with van der Waals surface area (Å²) in [6.45, 7) is 3.50. The fourth-order valence-electron chi connectivity index (χ4n) is 4.67. The highest BCUT2D eigenvalue weighted by molar-refractivity contribution is 6.00. The summed E-state index contributed by atoms with van der Waals surface area (Å²) in [4.78, 5) is 29.9.